The van der Waals surface area contributed by atoms with Gasteiger partial charge >= 0.3 is 0 Å². The minimum absolute atomic E-state index is 0.00774. The summed E-state index contributed by atoms with van der Waals surface area (Å²) < 4.78 is 7.18. The van der Waals surface area contributed by atoms with Crippen molar-refractivity contribution in [1.29, 1.82) is 0 Å². The quantitative estimate of drug-likeness (QED) is 0.578. The molecule has 4 nitrogen and oxygen atoms in total. The fourth-order valence-electron chi connectivity index (χ4n) is 3.11. The van der Waals surface area contributed by atoms with Gasteiger partial charge in [0.1, 0.15) is 6.10 Å². The molecule has 27 heavy (non-hydrogen) atoms. The topological polar surface area (TPSA) is 42.4 Å². The fraction of sp³-hybridized carbons (Fsp3) is 0.238. The number of fused-ring (bicyclic) bond motifs is 1. The summed E-state index contributed by atoms with van der Waals surface area (Å²) in [5.74, 6) is 0.00774. The Hall–Kier alpha value is -2.37. The third-order valence-corrected chi connectivity index (χ3v) is 5.88. The second-order valence-corrected chi connectivity index (χ2v) is 7.85. The van der Waals surface area contributed by atoms with Crippen molar-refractivity contribution < 1.29 is 9.53 Å². The third kappa shape index (κ3) is 4.31. The largest absolute Gasteiger partial charge is 0.467 e. The van der Waals surface area contributed by atoms with Gasteiger partial charge < -0.3 is 9.64 Å². The van der Waals surface area contributed by atoms with Crippen LogP contribution in [0.25, 0.3) is 16.3 Å². The molecule has 0 spiro atoms. The molecule has 4 rings (SSSR count). The predicted octanol–water partition coefficient (Wildman–Crippen LogP) is 5.03. The Balaban J connectivity index is 1.31. The molecule has 0 aliphatic carbocycles. The highest BCUT2D eigenvalue weighted by atomic mass is 35.5. The first-order valence-electron chi connectivity index (χ1n) is 8.93. The molecule has 1 fully saturated rings. The van der Waals surface area contributed by atoms with Gasteiger partial charge in [-0.3, -0.25) is 4.79 Å². The predicted molar refractivity (Wildman–Crippen MR) is 110 cm³/mol. The maximum atomic E-state index is 12.4. The molecule has 6 heteroatoms. The number of rotatable bonds is 4. The second kappa shape index (κ2) is 8.11. The molecule has 138 valence electrons. The molecule has 2 aromatic carbocycles. The maximum absolute atomic E-state index is 12.4. The van der Waals surface area contributed by atoms with E-state index in [0.717, 1.165) is 28.6 Å². The number of hydrogen-bond donors (Lipinski definition) is 0. The van der Waals surface area contributed by atoms with Crippen LogP contribution in [-0.4, -0.2) is 35.0 Å². The van der Waals surface area contributed by atoms with E-state index in [-0.39, 0.29) is 12.0 Å². The Kier molecular flexibility index (Phi) is 5.41. The number of piperidine rings is 1. The van der Waals surface area contributed by atoms with Crippen molar-refractivity contribution in [3.8, 4) is 5.19 Å². The van der Waals surface area contributed by atoms with E-state index in [2.05, 4.69) is 4.98 Å². The van der Waals surface area contributed by atoms with E-state index in [1.54, 1.807) is 23.5 Å². The highest BCUT2D eigenvalue weighted by Gasteiger charge is 2.23. The molecule has 0 unspecified atom stereocenters. The molecule has 0 atom stereocenters. The van der Waals surface area contributed by atoms with Gasteiger partial charge in [0.2, 0.25) is 5.91 Å². The molecule has 0 radical (unpaired) electrons. The van der Waals surface area contributed by atoms with Gasteiger partial charge in [0.25, 0.3) is 5.19 Å². The number of aromatic nitrogens is 1. The van der Waals surface area contributed by atoms with Crippen LogP contribution in [0.15, 0.2) is 54.6 Å². The van der Waals surface area contributed by atoms with Crippen molar-refractivity contribution >= 4 is 45.1 Å². The van der Waals surface area contributed by atoms with Gasteiger partial charge in [0, 0.05) is 37.0 Å². The Labute approximate surface area is 167 Å². The standard InChI is InChI=1S/C21H19ClN2O2S/c22-17-6-2-1-5-15(17)9-10-20(25)24-13-11-16(12-14-24)26-21-23-18-7-3-4-8-19(18)27-21/h1-10,16H,11-14H2/b10-9+. The number of benzene rings is 2. The van der Waals surface area contributed by atoms with Crippen molar-refractivity contribution in [1.82, 2.24) is 9.88 Å². The van der Waals surface area contributed by atoms with Crippen LogP contribution in [0.2, 0.25) is 5.02 Å². The van der Waals surface area contributed by atoms with E-state index < -0.39 is 0 Å². The van der Waals surface area contributed by atoms with Gasteiger partial charge in [-0.15, -0.1) is 0 Å². The van der Waals surface area contributed by atoms with Gasteiger partial charge in [-0.25, -0.2) is 4.98 Å². The number of thiazole rings is 1. The Morgan fingerprint density at radius 3 is 2.67 bits per heavy atom. The minimum atomic E-state index is 0.00774. The molecule has 0 saturated carbocycles. The second-order valence-electron chi connectivity index (χ2n) is 6.44. The van der Waals surface area contributed by atoms with Crippen LogP contribution < -0.4 is 4.74 Å². The van der Waals surface area contributed by atoms with Gasteiger partial charge in [-0.05, 0) is 29.8 Å². The van der Waals surface area contributed by atoms with Crippen LogP contribution in [0.3, 0.4) is 0 Å². The SMILES string of the molecule is O=C(/C=C/c1ccccc1Cl)N1CCC(Oc2nc3ccccc3s2)CC1. The molecule has 1 amide bonds. The molecule has 1 aliphatic rings. The normalized spacial score (nSPS) is 15.5. The first kappa shape index (κ1) is 18.0. The smallest absolute Gasteiger partial charge is 0.274 e. The van der Waals surface area contributed by atoms with Gasteiger partial charge in [-0.2, -0.15) is 0 Å². The summed E-state index contributed by atoms with van der Waals surface area (Å²) in [7, 11) is 0. The first-order valence-corrected chi connectivity index (χ1v) is 10.1. The number of halogens is 1. The van der Waals surface area contributed by atoms with Gasteiger partial charge in [-0.1, -0.05) is 53.3 Å². The van der Waals surface area contributed by atoms with E-state index in [4.69, 9.17) is 16.3 Å². The minimum Gasteiger partial charge on any atom is -0.467 e. The summed E-state index contributed by atoms with van der Waals surface area (Å²) in [6, 6.07) is 15.5. The fourth-order valence-corrected chi connectivity index (χ4v) is 4.19. The molecule has 0 bridgehead atoms. The lowest BCUT2D eigenvalue weighted by molar-refractivity contribution is -0.127. The monoisotopic (exact) mass is 398 g/mol. The average Bonchev–Trinajstić information content (AvgIpc) is 3.10. The summed E-state index contributed by atoms with van der Waals surface area (Å²) >= 11 is 7.69. The molecule has 0 N–H and O–H groups in total. The van der Waals surface area contributed by atoms with E-state index in [1.165, 1.54) is 0 Å². The lowest BCUT2D eigenvalue weighted by Gasteiger charge is -2.30. The molecule has 1 aromatic heterocycles. The molecule has 2 heterocycles. The lowest BCUT2D eigenvalue weighted by atomic mass is 10.1. The number of para-hydroxylation sites is 1. The highest BCUT2D eigenvalue weighted by Crippen LogP contribution is 2.29. The Bertz CT molecular complexity index is 944. The number of carbonyl (C=O) groups excluding carboxylic acids is 1. The van der Waals surface area contributed by atoms with Crippen LogP contribution >= 0.6 is 22.9 Å². The van der Waals surface area contributed by atoms with Crippen molar-refractivity contribution in [2.45, 2.75) is 18.9 Å². The van der Waals surface area contributed by atoms with Gasteiger partial charge in [0.15, 0.2) is 0 Å². The van der Waals surface area contributed by atoms with E-state index in [1.807, 2.05) is 53.4 Å². The van der Waals surface area contributed by atoms with Gasteiger partial charge in [0.05, 0.1) is 10.2 Å². The highest BCUT2D eigenvalue weighted by molar-refractivity contribution is 7.20. The number of hydrogen-bond acceptors (Lipinski definition) is 4. The van der Waals surface area contributed by atoms with Crippen molar-refractivity contribution in [3.05, 3.63) is 65.2 Å². The van der Waals surface area contributed by atoms with Crippen molar-refractivity contribution in [3.63, 3.8) is 0 Å². The van der Waals surface area contributed by atoms with Crippen LogP contribution in [0.4, 0.5) is 0 Å². The number of likely N-dealkylation sites (tertiary alicyclic amines) is 1. The third-order valence-electron chi connectivity index (χ3n) is 4.61. The van der Waals surface area contributed by atoms with Crippen LogP contribution in [0.5, 0.6) is 5.19 Å². The Morgan fingerprint density at radius 1 is 1.15 bits per heavy atom. The lowest BCUT2D eigenvalue weighted by Crippen LogP contribution is -2.41. The summed E-state index contributed by atoms with van der Waals surface area (Å²) in [5.41, 5.74) is 1.82. The molecule has 3 aromatic rings. The molecular weight excluding hydrogens is 380 g/mol. The zero-order valence-corrected chi connectivity index (χ0v) is 16.2. The number of ether oxygens (including phenoxy) is 1. The van der Waals surface area contributed by atoms with E-state index in [0.29, 0.717) is 23.3 Å². The van der Waals surface area contributed by atoms with Crippen LogP contribution in [0, 0.1) is 0 Å². The zero-order chi connectivity index (χ0) is 18.6. The first-order chi connectivity index (χ1) is 13.2. The molecular formula is C21H19ClN2O2S. The zero-order valence-electron chi connectivity index (χ0n) is 14.7. The van der Waals surface area contributed by atoms with E-state index >= 15 is 0 Å². The molecule has 1 saturated heterocycles. The van der Waals surface area contributed by atoms with Crippen LogP contribution in [0.1, 0.15) is 18.4 Å². The molecule has 1 aliphatic heterocycles. The summed E-state index contributed by atoms with van der Waals surface area (Å²) in [6.07, 6.45) is 5.08. The maximum Gasteiger partial charge on any atom is 0.274 e. The summed E-state index contributed by atoms with van der Waals surface area (Å²) in [5, 5.41) is 1.35. The van der Waals surface area contributed by atoms with Crippen molar-refractivity contribution in [2.75, 3.05) is 13.1 Å². The average molecular weight is 399 g/mol. The number of carbonyl (C=O) groups is 1. The Morgan fingerprint density at radius 2 is 1.89 bits per heavy atom. The van der Waals surface area contributed by atoms with Crippen molar-refractivity contribution in [2.24, 2.45) is 0 Å². The summed E-state index contributed by atoms with van der Waals surface area (Å²) in [6.45, 7) is 1.36. The van der Waals surface area contributed by atoms with Crippen LogP contribution in [-0.2, 0) is 4.79 Å². The summed E-state index contributed by atoms with van der Waals surface area (Å²) in [4.78, 5) is 18.8. The number of nitrogens with zero attached hydrogens (tertiary/aromatic N) is 2. The number of amides is 1. The van der Waals surface area contributed by atoms with E-state index in [9.17, 15) is 4.79 Å².